The third kappa shape index (κ3) is 2.17. The van der Waals surface area contributed by atoms with Crippen LogP contribution in [0.3, 0.4) is 0 Å². The average molecular weight is 262 g/mol. The monoisotopic (exact) mass is 262 g/mol. The SMILES string of the molecule is O=C(C1CC=CCC1)N1CC(N2C(=O)CCC2=O)C1. The van der Waals surface area contributed by atoms with Gasteiger partial charge in [-0.25, -0.2) is 0 Å². The maximum Gasteiger partial charge on any atom is 0.230 e. The number of hydrogen-bond donors (Lipinski definition) is 0. The van der Waals surface area contributed by atoms with Gasteiger partial charge in [0.05, 0.1) is 6.04 Å². The van der Waals surface area contributed by atoms with Crippen LogP contribution in [0, 0.1) is 5.92 Å². The summed E-state index contributed by atoms with van der Waals surface area (Å²) >= 11 is 0. The summed E-state index contributed by atoms with van der Waals surface area (Å²) in [6.07, 6.45) is 7.55. The number of hydrogen-bond acceptors (Lipinski definition) is 3. The van der Waals surface area contributed by atoms with Crippen molar-refractivity contribution in [3.63, 3.8) is 0 Å². The molecule has 3 amide bonds. The molecule has 102 valence electrons. The van der Waals surface area contributed by atoms with Gasteiger partial charge in [-0.2, -0.15) is 0 Å². The fraction of sp³-hybridized carbons (Fsp3) is 0.643. The predicted octanol–water partition coefficient (Wildman–Crippen LogP) is 0.703. The van der Waals surface area contributed by atoms with Gasteiger partial charge in [0, 0.05) is 31.8 Å². The molecule has 19 heavy (non-hydrogen) atoms. The van der Waals surface area contributed by atoms with Crippen LogP contribution in [0.1, 0.15) is 32.1 Å². The Labute approximate surface area is 112 Å². The van der Waals surface area contributed by atoms with Crippen LogP contribution in [0.15, 0.2) is 12.2 Å². The van der Waals surface area contributed by atoms with Crippen LogP contribution in [0.2, 0.25) is 0 Å². The number of likely N-dealkylation sites (tertiary alicyclic amines) is 2. The first-order valence-electron chi connectivity index (χ1n) is 6.95. The van der Waals surface area contributed by atoms with E-state index in [0.29, 0.717) is 25.9 Å². The van der Waals surface area contributed by atoms with Crippen LogP contribution in [0.5, 0.6) is 0 Å². The minimum absolute atomic E-state index is 0.0782. The second kappa shape index (κ2) is 4.79. The molecule has 3 aliphatic rings. The van der Waals surface area contributed by atoms with Crippen molar-refractivity contribution in [1.29, 1.82) is 0 Å². The molecule has 0 spiro atoms. The molecule has 0 bridgehead atoms. The Kier molecular flexibility index (Phi) is 3.12. The molecule has 5 heteroatoms. The molecule has 5 nitrogen and oxygen atoms in total. The van der Waals surface area contributed by atoms with Crippen molar-refractivity contribution in [3.8, 4) is 0 Å². The lowest BCUT2D eigenvalue weighted by Crippen LogP contribution is -2.63. The van der Waals surface area contributed by atoms with Gasteiger partial charge in [-0.05, 0) is 19.3 Å². The molecule has 0 aromatic carbocycles. The molecular weight excluding hydrogens is 244 g/mol. The average Bonchev–Trinajstić information content (AvgIpc) is 2.70. The lowest BCUT2D eigenvalue weighted by atomic mass is 9.91. The van der Waals surface area contributed by atoms with E-state index in [1.807, 2.05) is 0 Å². The van der Waals surface area contributed by atoms with Crippen molar-refractivity contribution in [3.05, 3.63) is 12.2 Å². The first-order valence-corrected chi connectivity index (χ1v) is 6.95. The molecule has 0 aromatic heterocycles. The largest absolute Gasteiger partial charge is 0.338 e. The van der Waals surface area contributed by atoms with Gasteiger partial charge < -0.3 is 4.90 Å². The summed E-state index contributed by atoms with van der Waals surface area (Å²) in [5.41, 5.74) is 0. The molecule has 2 aliphatic heterocycles. The number of amides is 3. The predicted molar refractivity (Wildman–Crippen MR) is 67.9 cm³/mol. The lowest BCUT2D eigenvalue weighted by Gasteiger charge is -2.44. The number of nitrogens with zero attached hydrogens (tertiary/aromatic N) is 2. The minimum atomic E-state index is -0.0808. The first kappa shape index (κ1) is 12.4. The summed E-state index contributed by atoms with van der Waals surface area (Å²) in [6, 6.07) is -0.0782. The van der Waals surface area contributed by atoms with E-state index in [1.54, 1.807) is 4.90 Å². The van der Waals surface area contributed by atoms with Gasteiger partial charge in [0.25, 0.3) is 0 Å². The number of allylic oxidation sites excluding steroid dienone is 2. The van der Waals surface area contributed by atoms with Crippen molar-refractivity contribution in [2.45, 2.75) is 38.1 Å². The molecule has 1 unspecified atom stereocenters. The van der Waals surface area contributed by atoms with Crippen LogP contribution in [0.25, 0.3) is 0 Å². The van der Waals surface area contributed by atoms with Crippen molar-refractivity contribution < 1.29 is 14.4 Å². The van der Waals surface area contributed by atoms with E-state index in [9.17, 15) is 14.4 Å². The second-order valence-corrected chi connectivity index (χ2v) is 5.54. The van der Waals surface area contributed by atoms with E-state index < -0.39 is 0 Å². The highest BCUT2D eigenvalue weighted by atomic mass is 16.2. The van der Waals surface area contributed by atoms with Crippen LogP contribution in [-0.2, 0) is 14.4 Å². The van der Waals surface area contributed by atoms with Gasteiger partial charge >= 0.3 is 0 Å². The van der Waals surface area contributed by atoms with Gasteiger partial charge in [0.2, 0.25) is 17.7 Å². The van der Waals surface area contributed by atoms with E-state index in [2.05, 4.69) is 12.2 Å². The van der Waals surface area contributed by atoms with Crippen LogP contribution >= 0.6 is 0 Å². The maximum absolute atomic E-state index is 12.2. The van der Waals surface area contributed by atoms with Crippen molar-refractivity contribution in [1.82, 2.24) is 9.80 Å². The van der Waals surface area contributed by atoms with E-state index >= 15 is 0 Å². The minimum Gasteiger partial charge on any atom is -0.338 e. The molecule has 0 saturated carbocycles. The molecule has 2 fully saturated rings. The lowest BCUT2D eigenvalue weighted by molar-refractivity contribution is -0.153. The summed E-state index contributed by atoms with van der Waals surface area (Å²) in [5.74, 6) is 0.112. The second-order valence-electron chi connectivity index (χ2n) is 5.54. The number of imide groups is 1. The number of carbonyl (C=O) groups is 3. The van der Waals surface area contributed by atoms with Crippen molar-refractivity contribution >= 4 is 17.7 Å². The first-order chi connectivity index (χ1) is 9.16. The standard InChI is InChI=1S/C14H18N2O3/c17-12-6-7-13(18)16(12)11-8-15(9-11)14(19)10-4-2-1-3-5-10/h1-2,10-11H,3-9H2. The summed E-state index contributed by atoms with van der Waals surface area (Å²) in [5, 5.41) is 0. The van der Waals surface area contributed by atoms with Crippen LogP contribution < -0.4 is 0 Å². The molecule has 0 N–H and O–H groups in total. The highest BCUT2D eigenvalue weighted by Crippen LogP contribution is 2.27. The third-order valence-corrected chi connectivity index (χ3v) is 4.25. The molecule has 1 aliphatic carbocycles. The summed E-state index contributed by atoms with van der Waals surface area (Å²) in [7, 11) is 0. The zero-order valence-corrected chi connectivity index (χ0v) is 10.9. The zero-order chi connectivity index (χ0) is 13.4. The topological polar surface area (TPSA) is 57.7 Å². The smallest absolute Gasteiger partial charge is 0.230 e. The Morgan fingerprint density at radius 2 is 1.79 bits per heavy atom. The van der Waals surface area contributed by atoms with Crippen molar-refractivity contribution in [2.75, 3.05) is 13.1 Å². The number of carbonyl (C=O) groups excluding carboxylic acids is 3. The van der Waals surface area contributed by atoms with Gasteiger partial charge in [0.15, 0.2) is 0 Å². The third-order valence-electron chi connectivity index (χ3n) is 4.25. The van der Waals surface area contributed by atoms with Gasteiger partial charge in [-0.3, -0.25) is 19.3 Å². The van der Waals surface area contributed by atoms with Crippen LogP contribution in [0.4, 0.5) is 0 Å². The molecular formula is C14H18N2O3. The normalized spacial score (nSPS) is 27.9. The van der Waals surface area contributed by atoms with Gasteiger partial charge in [-0.1, -0.05) is 12.2 Å². The summed E-state index contributed by atoms with van der Waals surface area (Å²) < 4.78 is 0. The molecule has 0 aromatic rings. The Balaban J connectivity index is 1.55. The highest BCUT2D eigenvalue weighted by Gasteiger charge is 2.43. The molecule has 2 heterocycles. The summed E-state index contributed by atoms with van der Waals surface area (Å²) in [4.78, 5) is 38.5. The van der Waals surface area contributed by atoms with E-state index in [0.717, 1.165) is 19.3 Å². The Hall–Kier alpha value is -1.65. The molecule has 3 rings (SSSR count). The maximum atomic E-state index is 12.2. The Bertz CT molecular complexity index is 436. The zero-order valence-electron chi connectivity index (χ0n) is 10.9. The van der Waals surface area contributed by atoms with Gasteiger partial charge in [-0.15, -0.1) is 0 Å². The van der Waals surface area contributed by atoms with E-state index in [1.165, 1.54) is 4.90 Å². The van der Waals surface area contributed by atoms with E-state index in [4.69, 9.17) is 0 Å². The Morgan fingerprint density at radius 1 is 1.11 bits per heavy atom. The molecule has 2 saturated heterocycles. The molecule has 1 atom stereocenters. The fourth-order valence-corrected chi connectivity index (χ4v) is 3.08. The van der Waals surface area contributed by atoms with Gasteiger partial charge in [0.1, 0.15) is 0 Å². The highest BCUT2D eigenvalue weighted by molar-refractivity contribution is 6.02. The van der Waals surface area contributed by atoms with E-state index in [-0.39, 0.29) is 29.7 Å². The van der Waals surface area contributed by atoms with Crippen molar-refractivity contribution in [2.24, 2.45) is 5.92 Å². The number of rotatable bonds is 2. The Morgan fingerprint density at radius 3 is 2.37 bits per heavy atom. The summed E-state index contributed by atoms with van der Waals surface area (Å²) in [6.45, 7) is 1.05. The quantitative estimate of drug-likeness (QED) is 0.544. The molecule has 0 radical (unpaired) electrons. The fourth-order valence-electron chi connectivity index (χ4n) is 3.08. The van der Waals surface area contributed by atoms with Crippen LogP contribution in [-0.4, -0.2) is 46.7 Å².